The maximum atomic E-state index is 4.63. The standard InChI is InChI=1S/C17H17N3/c1-4-5-8-14(18-3)16-11-13(2)12-17(20-16)15-9-6-7-10-19-15/h4-12H,3H2,1-2H3/b5-4-,14-8-. The minimum Gasteiger partial charge on any atom is -0.262 e. The molecule has 0 amide bonds. The van der Waals surface area contributed by atoms with E-state index in [-0.39, 0.29) is 0 Å². The summed E-state index contributed by atoms with van der Waals surface area (Å²) in [4.78, 5) is 13.0. The van der Waals surface area contributed by atoms with Crippen LogP contribution >= 0.6 is 0 Å². The van der Waals surface area contributed by atoms with Crippen LogP contribution in [-0.4, -0.2) is 16.7 Å². The molecule has 0 unspecified atom stereocenters. The van der Waals surface area contributed by atoms with Crippen molar-refractivity contribution in [3.63, 3.8) is 0 Å². The van der Waals surface area contributed by atoms with E-state index in [0.717, 1.165) is 28.3 Å². The Morgan fingerprint density at radius 3 is 2.75 bits per heavy atom. The van der Waals surface area contributed by atoms with Crippen molar-refractivity contribution in [2.45, 2.75) is 13.8 Å². The van der Waals surface area contributed by atoms with E-state index in [0.29, 0.717) is 0 Å². The zero-order chi connectivity index (χ0) is 14.4. The average Bonchev–Trinajstić information content (AvgIpc) is 2.48. The van der Waals surface area contributed by atoms with Gasteiger partial charge in [0.05, 0.1) is 22.8 Å². The van der Waals surface area contributed by atoms with Crippen molar-refractivity contribution < 1.29 is 0 Å². The molecule has 2 aromatic heterocycles. The molecule has 3 heteroatoms. The van der Waals surface area contributed by atoms with Gasteiger partial charge in [0.15, 0.2) is 0 Å². The van der Waals surface area contributed by atoms with Crippen LogP contribution in [0.1, 0.15) is 18.2 Å². The normalized spacial score (nSPS) is 11.8. The first kappa shape index (κ1) is 13.9. The largest absolute Gasteiger partial charge is 0.262 e. The van der Waals surface area contributed by atoms with E-state index in [9.17, 15) is 0 Å². The van der Waals surface area contributed by atoms with Crippen LogP contribution in [0.5, 0.6) is 0 Å². The Morgan fingerprint density at radius 1 is 1.25 bits per heavy atom. The van der Waals surface area contributed by atoms with Crippen molar-refractivity contribution in [1.29, 1.82) is 0 Å². The molecule has 3 nitrogen and oxygen atoms in total. The lowest BCUT2D eigenvalue weighted by Gasteiger charge is -2.06. The molecule has 2 rings (SSSR count). The van der Waals surface area contributed by atoms with E-state index in [1.54, 1.807) is 6.20 Å². The van der Waals surface area contributed by atoms with Gasteiger partial charge in [-0.3, -0.25) is 9.98 Å². The Balaban J connectivity index is 2.51. The molecule has 2 heterocycles. The fourth-order valence-electron chi connectivity index (χ4n) is 1.85. The predicted molar refractivity (Wildman–Crippen MR) is 84.5 cm³/mol. The number of pyridine rings is 2. The number of nitrogens with zero attached hydrogens (tertiary/aromatic N) is 3. The van der Waals surface area contributed by atoms with E-state index in [4.69, 9.17) is 0 Å². The maximum absolute atomic E-state index is 4.63. The van der Waals surface area contributed by atoms with Gasteiger partial charge in [-0.05, 0) is 56.5 Å². The second-order valence-electron chi connectivity index (χ2n) is 4.37. The van der Waals surface area contributed by atoms with Crippen molar-refractivity contribution in [1.82, 2.24) is 9.97 Å². The summed E-state index contributed by atoms with van der Waals surface area (Å²) in [7, 11) is 0. The van der Waals surface area contributed by atoms with Gasteiger partial charge in [0.1, 0.15) is 0 Å². The Morgan fingerprint density at radius 2 is 2.10 bits per heavy atom. The molecule has 0 saturated heterocycles. The molecule has 100 valence electrons. The lowest BCUT2D eigenvalue weighted by Crippen LogP contribution is -1.94. The Hall–Kier alpha value is -2.55. The number of aromatic nitrogens is 2. The van der Waals surface area contributed by atoms with Gasteiger partial charge < -0.3 is 0 Å². The summed E-state index contributed by atoms with van der Waals surface area (Å²) in [5, 5.41) is 0. The van der Waals surface area contributed by atoms with Crippen molar-refractivity contribution >= 4 is 12.4 Å². The summed E-state index contributed by atoms with van der Waals surface area (Å²) in [6.45, 7) is 7.61. The number of rotatable bonds is 4. The number of allylic oxidation sites excluding steroid dienone is 3. The van der Waals surface area contributed by atoms with Crippen LogP contribution in [0, 0.1) is 6.92 Å². The Kier molecular flexibility index (Phi) is 4.56. The zero-order valence-electron chi connectivity index (χ0n) is 11.7. The smallest absolute Gasteiger partial charge is 0.0896 e. The maximum Gasteiger partial charge on any atom is 0.0896 e. The van der Waals surface area contributed by atoms with Gasteiger partial charge in [0, 0.05) is 6.20 Å². The third-order valence-electron chi connectivity index (χ3n) is 2.78. The third kappa shape index (κ3) is 3.26. The molecular weight excluding hydrogens is 246 g/mol. The fourth-order valence-corrected chi connectivity index (χ4v) is 1.85. The number of hydrogen-bond acceptors (Lipinski definition) is 3. The van der Waals surface area contributed by atoms with E-state index in [2.05, 4.69) is 21.7 Å². The van der Waals surface area contributed by atoms with Crippen molar-refractivity contribution in [2.24, 2.45) is 4.99 Å². The summed E-state index contributed by atoms with van der Waals surface area (Å²) in [5.41, 5.74) is 4.37. The molecule has 0 spiro atoms. The quantitative estimate of drug-likeness (QED) is 0.616. The van der Waals surface area contributed by atoms with Crippen LogP contribution in [0.3, 0.4) is 0 Å². The fraction of sp³-hybridized carbons (Fsp3) is 0.118. The van der Waals surface area contributed by atoms with Gasteiger partial charge >= 0.3 is 0 Å². The second-order valence-corrected chi connectivity index (χ2v) is 4.37. The molecular formula is C17H17N3. The first-order valence-corrected chi connectivity index (χ1v) is 6.44. The minimum atomic E-state index is 0.754. The van der Waals surface area contributed by atoms with E-state index < -0.39 is 0 Å². The number of hydrogen-bond donors (Lipinski definition) is 0. The monoisotopic (exact) mass is 263 g/mol. The topological polar surface area (TPSA) is 38.1 Å². The third-order valence-corrected chi connectivity index (χ3v) is 2.78. The molecule has 0 aliphatic rings. The Labute approximate surface area is 119 Å². The van der Waals surface area contributed by atoms with Gasteiger partial charge in [-0.15, -0.1) is 0 Å². The van der Waals surface area contributed by atoms with Crippen LogP contribution < -0.4 is 0 Å². The summed E-state index contributed by atoms with van der Waals surface area (Å²) in [5.74, 6) is 0. The lowest BCUT2D eigenvalue weighted by molar-refractivity contribution is 1.19. The molecule has 0 aliphatic heterocycles. The number of aryl methyl sites for hydroxylation is 1. The van der Waals surface area contributed by atoms with E-state index in [1.165, 1.54) is 0 Å². The molecule has 0 fully saturated rings. The molecule has 0 atom stereocenters. The van der Waals surface area contributed by atoms with Gasteiger partial charge in [-0.1, -0.05) is 18.2 Å². The van der Waals surface area contributed by atoms with Crippen molar-refractivity contribution in [3.05, 3.63) is 66.0 Å². The van der Waals surface area contributed by atoms with E-state index in [1.807, 2.05) is 62.4 Å². The van der Waals surface area contributed by atoms with Crippen LogP contribution in [0.25, 0.3) is 17.1 Å². The van der Waals surface area contributed by atoms with Gasteiger partial charge in [0.2, 0.25) is 0 Å². The van der Waals surface area contributed by atoms with Crippen LogP contribution in [-0.2, 0) is 0 Å². The minimum absolute atomic E-state index is 0.754. The second kappa shape index (κ2) is 6.57. The molecule has 0 radical (unpaired) electrons. The van der Waals surface area contributed by atoms with Gasteiger partial charge in [-0.2, -0.15) is 0 Å². The molecule has 0 aliphatic carbocycles. The zero-order valence-corrected chi connectivity index (χ0v) is 11.7. The van der Waals surface area contributed by atoms with E-state index >= 15 is 0 Å². The summed E-state index contributed by atoms with van der Waals surface area (Å²) in [6.07, 6.45) is 7.54. The highest BCUT2D eigenvalue weighted by Crippen LogP contribution is 2.21. The van der Waals surface area contributed by atoms with Gasteiger partial charge in [0.25, 0.3) is 0 Å². The van der Waals surface area contributed by atoms with Crippen LogP contribution in [0.4, 0.5) is 0 Å². The first-order chi connectivity index (χ1) is 9.74. The highest BCUT2D eigenvalue weighted by atomic mass is 14.8. The SMILES string of the molecule is C=N/C(=C\C=C/C)c1cc(C)cc(-c2ccccn2)n1. The molecule has 0 saturated carbocycles. The highest BCUT2D eigenvalue weighted by molar-refractivity contribution is 5.69. The van der Waals surface area contributed by atoms with Crippen LogP contribution in [0.2, 0.25) is 0 Å². The molecule has 0 aromatic carbocycles. The van der Waals surface area contributed by atoms with Crippen molar-refractivity contribution in [2.75, 3.05) is 0 Å². The summed E-state index contributed by atoms with van der Waals surface area (Å²) < 4.78 is 0. The summed E-state index contributed by atoms with van der Waals surface area (Å²) in [6, 6.07) is 9.80. The molecule has 0 bridgehead atoms. The van der Waals surface area contributed by atoms with Crippen molar-refractivity contribution in [3.8, 4) is 11.4 Å². The van der Waals surface area contributed by atoms with Gasteiger partial charge in [-0.25, -0.2) is 4.98 Å². The lowest BCUT2D eigenvalue weighted by atomic mass is 10.1. The first-order valence-electron chi connectivity index (χ1n) is 6.44. The van der Waals surface area contributed by atoms with Crippen LogP contribution in [0.15, 0.2) is 59.7 Å². The highest BCUT2D eigenvalue weighted by Gasteiger charge is 2.06. The summed E-state index contributed by atoms with van der Waals surface area (Å²) >= 11 is 0. The predicted octanol–water partition coefficient (Wildman–Crippen LogP) is 4.07. The average molecular weight is 263 g/mol. The number of aliphatic imine (C=N–C) groups is 1. The molecule has 0 N–H and O–H groups in total. The molecule has 20 heavy (non-hydrogen) atoms. The Bertz CT molecular complexity index is 655. The molecule has 2 aromatic rings.